The lowest BCUT2D eigenvalue weighted by Gasteiger charge is -2.06. The molecule has 13 nitrogen and oxygen atoms in total. The molecule has 3 aromatic rings. The molecular formula is C20H18N6O7. The molecule has 1 amide bonds. The van der Waals surface area contributed by atoms with Gasteiger partial charge in [0.1, 0.15) is 5.75 Å². The van der Waals surface area contributed by atoms with Gasteiger partial charge in [-0.1, -0.05) is 17.3 Å². The van der Waals surface area contributed by atoms with E-state index in [0.717, 1.165) is 0 Å². The van der Waals surface area contributed by atoms with E-state index in [0.29, 0.717) is 11.3 Å². The normalized spacial score (nSPS) is 11.0. The Balaban J connectivity index is 1.56. The van der Waals surface area contributed by atoms with Crippen molar-refractivity contribution in [3.05, 3.63) is 82.2 Å². The highest BCUT2D eigenvalue weighted by molar-refractivity contribution is 5.98. The summed E-state index contributed by atoms with van der Waals surface area (Å²) in [6, 6.07) is 13.4. The number of benzene rings is 2. The van der Waals surface area contributed by atoms with Crippen molar-refractivity contribution < 1.29 is 28.8 Å². The minimum atomic E-state index is -0.871. The van der Waals surface area contributed by atoms with Gasteiger partial charge in [-0.05, 0) is 36.4 Å². The van der Waals surface area contributed by atoms with E-state index in [1.165, 1.54) is 35.1 Å². The van der Waals surface area contributed by atoms with Crippen LogP contribution < -0.4 is 20.9 Å². The van der Waals surface area contributed by atoms with Crippen LogP contribution in [0.3, 0.4) is 0 Å². The molecule has 0 radical (unpaired) electrons. The van der Waals surface area contributed by atoms with Gasteiger partial charge < -0.3 is 25.8 Å². The number of amides is 1. The van der Waals surface area contributed by atoms with E-state index in [4.69, 9.17) is 25.8 Å². The SMILES string of the molecule is NC(=O)COc1ccc(/C(N)=N/OC(=O)c2ccn(COc3ccccc3[N+](=O)[O-])n2)cc1. The molecule has 13 heteroatoms. The van der Waals surface area contributed by atoms with E-state index in [1.54, 1.807) is 30.3 Å². The Morgan fingerprint density at radius 2 is 1.79 bits per heavy atom. The summed E-state index contributed by atoms with van der Waals surface area (Å²) in [7, 11) is 0. The van der Waals surface area contributed by atoms with Crippen molar-refractivity contribution in [2.75, 3.05) is 6.61 Å². The van der Waals surface area contributed by atoms with Crippen molar-refractivity contribution >= 4 is 23.4 Å². The number of rotatable bonds is 10. The zero-order chi connectivity index (χ0) is 23.8. The van der Waals surface area contributed by atoms with Gasteiger partial charge in [-0.15, -0.1) is 0 Å². The van der Waals surface area contributed by atoms with Gasteiger partial charge in [0, 0.05) is 17.8 Å². The van der Waals surface area contributed by atoms with Crippen molar-refractivity contribution in [2.45, 2.75) is 6.73 Å². The molecule has 4 N–H and O–H groups in total. The maximum atomic E-state index is 12.2. The Kier molecular flexibility index (Phi) is 7.16. The number of nitrogens with zero attached hydrogens (tertiary/aromatic N) is 4. The number of nitro benzene ring substituents is 1. The van der Waals surface area contributed by atoms with Crippen molar-refractivity contribution in [3.63, 3.8) is 0 Å². The second kappa shape index (κ2) is 10.4. The molecule has 0 saturated carbocycles. The fourth-order valence-electron chi connectivity index (χ4n) is 2.47. The van der Waals surface area contributed by atoms with Crippen molar-refractivity contribution in [2.24, 2.45) is 16.6 Å². The lowest BCUT2D eigenvalue weighted by Crippen LogP contribution is -2.20. The van der Waals surface area contributed by atoms with E-state index in [-0.39, 0.29) is 36.3 Å². The number of nitro groups is 1. The number of oxime groups is 1. The molecule has 0 aliphatic rings. The topological polar surface area (TPSA) is 187 Å². The van der Waals surface area contributed by atoms with Gasteiger partial charge >= 0.3 is 11.7 Å². The number of carbonyl (C=O) groups is 2. The van der Waals surface area contributed by atoms with Crippen LogP contribution in [0.1, 0.15) is 16.1 Å². The van der Waals surface area contributed by atoms with Gasteiger partial charge in [0.15, 0.2) is 30.6 Å². The molecule has 0 atom stereocenters. The zero-order valence-corrected chi connectivity index (χ0v) is 17.0. The highest BCUT2D eigenvalue weighted by Gasteiger charge is 2.15. The Bertz CT molecular complexity index is 1190. The van der Waals surface area contributed by atoms with E-state index in [2.05, 4.69) is 10.3 Å². The summed E-state index contributed by atoms with van der Waals surface area (Å²) < 4.78 is 11.8. The van der Waals surface area contributed by atoms with Crippen molar-refractivity contribution in [1.29, 1.82) is 0 Å². The van der Waals surface area contributed by atoms with Crippen LogP contribution in [0.15, 0.2) is 65.9 Å². The molecule has 0 aliphatic carbocycles. The summed E-state index contributed by atoms with van der Waals surface area (Å²) in [5.41, 5.74) is 11.0. The van der Waals surface area contributed by atoms with Crippen LogP contribution in [0.25, 0.3) is 0 Å². The lowest BCUT2D eigenvalue weighted by atomic mass is 10.2. The fraction of sp³-hybridized carbons (Fsp3) is 0.100. The van der Waals surface area contributed by atoms with Crippen LogP contribution in [0, 0.1) is 10.1 Å². The molecule has 0 spiro atoms. The Morgan fingerprint density at radius 1 is 1.06 bits per heavy atom. The predicted molar refractivity (Wildman–Crippen MR) is 113 cm³/mol. The van der Waals surface area contributed by atoms with Crippen LogP contribution >= 0.6 is 0 Å². The second-order valence-corrected chi connectivity index (χ2v) is 6.37. The first-order valence-electron chi connectivity index (χ1n) is 9.29. The summed E-state index contributed by atoms with van der Waals surface area (Å²) in [5.74, 6) is -1.10. The maximum Gasteiger partial charge on any atom is 0.385 e. The number of ether oxygens (including phenoxy) is 2. The molecule has 0 saturated heterocycles. The minimum absolute atomic E-state index is 0.0607. The Labute approximate surface area is 186 Å². The van der Waals surface area contributed by atoms with Crippen LogP contribution in [0.2, 0.25) is 0 Å². The number of para-hydroxylation sites is 2. The summed E-state index contributed by atoms with van der Waals surface area (Å²) in [4.78, 5) is 38.2. The molecule has 1 heterocycles. The van der Waals surface area contributed by atoms with Crippen LogP contribution in [0.4, 0.5) is 5.69 Å². The molecule has 2 aromatic carbocycles. The molecule has 170 valence electrons. The third kappa shape index (κ3) is 6.27. The van der Waals surface area contributed by atoms with Crippen molar-refractivity contribution in [3.8, 4) is 11.5 Å². The molecule has 1 aromatic heterocycles. The van der Waals surface area contributed by atoms with Gasteiger partial charge in [0.25, 0.3) is 5.91 Å². The molecule has 33 heavy (non-hydrogen) atoms. The smallest absolute Gasteiger partial charge is 0.385 e. The van der Waals surface area contributed by atoms with Crippen LogP contribution in [-0.2, 0) is 16.4 Å². The highest BCUT2D eigenvalue weighted by atomic mass is 16.7. The van der Waals surface area contributed by atoms with Gasteiger partial charge in [0.2, 0.25) is 0 Å². The molecule has 0 unspecified atom stereocenters. The minimum Gasteiger partial charge on any atom is -0.484 e. The number of amidine groups is 1. The molecule has 0 fully saturated rings. The number of carbonyl (C=O) groups excluding carboxylic acids is 2. The van der Waals surface area contributed by atoms with Gasteiger partial charge in [-0.3, -0.25) is 14.9 Å². The zero-order valence-electron chi connectivity index (χ0n) is 17.0. The average molecular weight is 454 g/mol. The van der Waals surface area contributed by atoms with E-state index < -0.39 is 16.8 Å². The number of primary amides is 1. The molecular weight excluding hydrogens is 436 g/mol. The third-order valence-corrected chi connectivity index (χ3v) is 4.02. The number of nitrogens with two attached hydrogens (primary N) is 2. The quantitative estimate of drug-likeness (QED) is 0.149. The fourth-order valence-corrected chi connectivity index (χ4v) is 2.47. The summed E-state index contributed by atoms with van der Waals surface area (Å²) in [5, 5.41) is 18.6. The van der Waals surface area contributed by atoms with Gasteiger partial charge in [-0.2, -0.15) is 5.10 Å². The summed E-state index contributed by atoms with van der Waals surface area (Å²) >= 11 is 0. The second-order valence-electron chi connectivity index (χ2n) is 6.37. The largest absolute Gasteiger partial charge is 0.484 e. The molecule has 0 aliphatic heterocycles. The number of aromatic nitrogens is 2. The van der Waals surface area contributed by atoms with E-state index in [1.807, 2.05) is 0 Å². The Hall–Kier alpha value is -4.94. The van der Waals surface area contributed by atoms with Crippen molar-refractivity contribution in [1.82, 2.24) is 9.78 Å². The summed E-state index contributed by atoms with van der Waals surface area (Å²) in [6.45, 7) is -0.436. The molecule has 3 rings (SSSR count). The van der Waals surface area contributed by atoms with Crippen LogP contribution in [-0.4, -0.2) is 39.0 Å². The highest BCUT2D eigenvalue weighted by Crippen LogP contribution is 2.26. The maximum absolute atomic E-state index is 12.2. The first kappa shape index (κ1) is 22.7. The predicted octanol–water partition coefficient (Wildman–Crippen LogP) is 1.17. The average Bonchev–Trinajstić information content (AvgIpc) is 3.29. The lowest BCUT2D eigenvalue weighted by molar-refractivity contribution is -0.386. The van der Waals surface area contributed by atoms with Crippen LogP contribution in [0.5, 0.6) is 11.5 Å². The van der Waals surface area contributed by atoms with E-state index in [9.17, 15) is 19.7 Å². The van der Waals surface area contributed by atoms with E-state index >= 15 is 0 Å². The van der Waals surface area contributed by atoms with Gasteiger partial charge in [0.05, 0.1) is 4.92 Å². The van der Waals surface area contributed by atoms with Gasteiger partial charge in [-0.25, -0.2) is 9.48 Å². The molecule has 0 bridgehead atoms. The standard InChI is InChI=1S/C20H18N6O7/c21-18(27)11-31-14-7-5-13(6-8-14)19(22)24-33-20(28)15-9-10-25(23-15)12-32-17-4-2-1-3-16(17)26(29)30/h1-10H,11-12H2,(H2,21,27)(H2,22,24). The number of hydrogen-bond acceptors (Lipinski definition) is 9. The number of hydrogen-bond donors (Lipinski definition) is 2. The first-order valence-corrected chi connectivity index (χ1v) is 9.29. The monoisotopic (exact) mass is 454 g/mol. The Morgan fingerprint density at radius 3 is 2.48 bits per heavy atom. The third-order valence-electron chi connectivity index (χ3n) is 4.02. The first-order chi connectivity index (χ1) is 15.8. The summed E-state index contributed by atoms with van der Waals surface area (Å²) in [6.07, 6.45) is 1.43.